The second kappa shape index (κ2) is 15.0. The van der Waals surface area contributed by atoms with E-state index in [1.807, 2.05) is 0 Å². The molecular formula is C22H42N3O3S+. The van der Waals surface area contributed by atoms with Crippen molar-refractivity contribution in [3.63, 3.8) is 0 Å². The molecule has 0 radical (unpaired) electrons. The van der Waals surface area contributed by atoms with Crippen molar-refractivity contribution in [3.05, 3.63) is 0 Å². The average Bonchev–Trinajstić information content (AvgIpc) is 2.64. The number of primary amides is 1. The molecule has 29 heavy (non-hydrogen) atoms. The zero-order chi connectivity index (χ0) is 21.6. The van der Waals surface area contributed by atoms with Gasteiger partial charge >= 0.3 is 5.91 Å². The number of nitrogens with two attached hydrogens (primary N) is 1. The smallest absolute Gasteiger partial charge is 0.332 e. The van der Waals surface area contributed by atoms with Crippen molar-refractivity contribution >= 4 is 30.2 Å². The lowest BCUT2D eigenvalue weighted by atomic mass is 9.90. The van der Waals surface area contributed by atoms with Gasteiger partial charge < -0.3 is 10.6 Å². The van der Waals surface area contributed by atoms with Crippen LogP contribution in [0.3, 0.4) is 0 Å². The van der Waals surface area contributed by atoms with Crippen molar-refractivity contribution in [3.8, 4) is 0 Å². The van der Waals surface area contributed by atoms with Gasteiger partial charge in [0.05, 0.1) is 12.5 Å². The van der Waals surface area contributed by atoms with E-state index in [4.69, 9.17) is 0 Å². The summed E-state index contributed by atoms with van der Waals surface area (Å²) in [6, 6.07) is -0.474. The van der Waals surface area contributed by atoms with Gasteiger partial charge in [-0.2, -0.15) is 12.6 Å². The van der Waals surface area contributed by atoms with E-state index in [2.05, 4.69) is 37.1 Å². The van der Waals surface area contributed by atoms with Crippen LogP contribution in [0.15, 0.2) is 0 Å². The molecule has 0 aromatic carbocycles. The molecule has 0 bridgehead atoms. The number of rotatable bonds is 7. The van der Waals surface area contributed by atoms with Crippen LogP contribution in [0, 0.1) is 11.8 Å². The number of carbonyl (C=O) groups is 3. The summed E-state index contributed by atoms with van der Waals surface area (Å²) in [4.78, 5) is 37.3. The summed E-state index contributed by atoms with van der Waals surface area (Å²) in [5.41, 5.74) is 0. The number of hydrogen-bond donors (Lipinski definition) is 4. The maximum atomic E-state index is 13.0. The van der Waals surface area contributed by atoms with Gasteiger partial charge in [0.1, 0.15) is 11.8 Å². The predicted molar refractivity (Wildman–Crippen MR) is 120 cm³/mol. The van der Waals surface area contributed by atoms with Crippen LogP contribution < -0.4 is 16.0 Å². The fourth-order valence-electron chi connectivity index (χ4n) is 3.81. The zero-order valence-electron chi connectivity index (χ0n) is 18.5. The normalized spacial score (nSPS) is 22.5. The molecule has 7 heteroatoms. The maximum Gasteiger partial charge on any atom is 0.332 e. The fraction of sp³-hybridized carbons (Fsp3) is 0.864. The van der Waals surface area contributed by atoms with Gasteiger partial charge in [0.15, 0.2) is 0 Å². The lowest BCUT2D eigenvalue weighted by Crippen LogP contribution is -2.91. The largest absolute Gasteiger partial charge is 0.341 e. The Balaban J connectivity index is 2.76. The minimum Gasteiger partial charge on any atom is -0.341 e. The molecule has 3 unspecified atom stereocenters. The predicted octanol–water partition coefficient (Wildman–Crippen LogP) is 1.83. The molecule has 0 saturated carbocycles. The summed E-state index contributed by atoms with van der Waals surface area (Å²) in [6.45, 7) is 8.42. The molecule has 1 fully saturated rings. The van der Waals surface area contributed by atoms with E-state index in [0.29, 0.717) is 18.8 Å². The van der Waals surface area contributed by atoms with Crippen LogP contribution in [0.2, 0.25) is 0 Å². The van der Waals surface area contributed by atoms with Crippen LogP contribution in [0.5, 0.6) is 0 Å². The summed E-state index contributed by atoms with van der Waals surface area (Å²) in [6.07, 6.45) is 7.98. The molecule has 1 rings (SSSR count). The molecule has 0 spiro atoms. The van der Waals surface area contributed by atoms with Crippen molar-refractivity contribution in [2.75, 3.05) is 19.6 Å². The zero-order valence-corrected chi connectivity index (χ0v) is 19.4. The fourth-order valence-corrected chi connectivity index (χ4v) is 4.32. The van der Waals surface area contributed by atoms with E-state index in [1.165, 1.54) is 19.8 Å². The Morgan fingerprint density at radius 3 is 2.45 bits per heavy atom. The second-order valence-corrected chi connectivity index (χ2v) is 9.49. The molecule has 1 aliphatic heterocycles. The van der Waals surface area contributed by atoms with E-state index in [-0.39, 0.29) is 35.2 Å². The Morgan fingerprint density at radius 2 is 1.79 bits per heavy atom. The Morgan fingerprint density at radius 1 is 1.14 bits per heavy atom. The first-order valence-corrected chi connectivity index (χ1v) is 11.9. The van der Waals surface area contributed by atoms with E-state index < -0.39 is 6.04 Å². The van der Waals surface area contributed by atoms with Gasteiger partial charge in [-0.1, -0.05) is 20.3 Å². The molecule has 3 atom stereocenters. The van der Waals surface area contributed by atoms with Crippen LogP contribution >= 0.6 is 12.6 Å². The molecule has 1 aliphatic rings. The summed E-state index contributed by atoms with van der Waals surface area (Å²) >= 11 is 4.55. The van der Waals surface area contributed by atoms with Crippen LogP contribution in [0.25, 0.3) is 0 Å². The van der Waals surface area contributed by atoms with Crippen molar-refractivity contribution in [2.45, 2.75) is 89.9 Å². The summed E-state index contributed by atoms with van der Waals surface area (Å²) in [5, 5.41) is 7.91. The minimum atomic E-state index is -0.474. The third-order valence-corrected chi connectivity index (χ3v) is 5.98. The molecule has 1 heterocycles. The second-order valence-electron chi connectivity index (χ2n) is 8.83. The van der Waals surface area contributed by atoms with Gasteiger partial charge in [0.25, 0.3) is 0 Å². The molecule has 4 N–H and O–H groups in total. The van der Waals surface area contributed by atoms with E-state index >= 15 is 0 Å². The first-order valence-electron chi connectivity index (χ1n) is 11.4. The van der Waals surface area contributed by atoms with Crippen molar-refractivity contribution in [1.29, 1.82) is 0 Å². The number of thiol groups is 1. The molecule has 0 aromatic rings. The number of ketones is 1. The quantitative estimate of drug-likeness (QED) is 0.466. The standard InChI is InChI=1S/C22H41N3O3S/c1-16(2)14-18(20(29)15-17(3)26)21(27)25-19-10-6-9-12-23-11-7-4-5-8-13-24-22(19)28/h16,18-20,23,29H,4-15H2,1-3H3,(H,24,28)(H,25,27)/p+1. The first kappa shape index (κ1) is 26.1. The SMILES string of the molecule is CC(=O)CC(S)C(CC(C)C)C(=O)NC1CCCCNCCCCCC[NH2+]C1=O. The highest BCUT2D eigenvalue weighted by Gasteiger charge is 2.31. The van der Waals surface area contributed by atoms with Crippen molar-refractivity contribution in [2.24, 2.45) is 11.8 Å². The number of quaternary nitrogens is 1. The maximum absolute atomic E-state index is 13.0. The van der Waals surface area contributed by atoms with Gasteiger partial charge in [0.2, 0.25) is 5.91 Å². The molecule has 0 aromatic heterocycles. The molecule has 1 saturated heterocycles. The lowest BCUT2D eigenvalue weighted by molar-refractivity contribution is -0.570. The van der Waals surface area contributed by atoms with Crippen LogP contribution in [0.4, 0.5) is 0 Å². The number of Topliss-reactive ketones (excluding diaryl/α,β-unsaturated/α-hetero) is 1. The summed E-state index contributed by atoms with van der Waals surface area (Å²) in [7, 11) is 0. The van der Waals surface area contributed by atoms with Gasteiger partial charge in [-0.25, -0.2) is 4.79 Å². The third-order valence-electron chi connectivity index (χ3n) is 5.43. The minimum absolute atomic E-state index is 0.0222. The molecule has 168 valence electrons. The van der Waals surface area contributed by atoms with Gasteiger partial charge in [-0.05, 0) is 70.9 Å². The van der Waals surface area contributed by atoms with Crippen molar-refractivity contribution in [1.82, 2.24) is 10.6 Å². The highest BCUT2D eigenvalue weighted by atomic mass is 32.1. The molecule has 0 aliphatic carbocycles. The van der Waals surface area contributed by atoms with Crippen molar-refractivity contribution < 1.29 is 19.7 Å². The number of hydrogen-bond acceptors (Lipinski definition) is 5. The Bertz CT molecular complexity index is 514. The van der Waals surface area contributed by atoms with E-state index in [9.17, 15) is 14.4 Å². The summed E-state index contributed by atoms with van der Waals surface area (Å²) < 4.78 is 0. The van der Waals surface area contributed by atoms with Gasteiger partial charge in [0, 0.05) is 11.7 Å². The van der Waals surface area contributed by atoms with Crippen LogP contribution in [-0.2, 0) is 14.4 Å². The number of amides is 2. The lowest BCUT2D eigenvalue weighted by Gasteiger charge is -2.26. The molecule has 6 nitrogen and oxygen atoms in total. The van der Waals surface area contributed by atoms with Gasteiger partial charge in [-0.15, -0.1) is 0 Å². The number of carbonyl (C=O) groups excluding carboxylic acids is 3. The Hall–Kier alpha value is -0.920. The summed E-state index contributed by atoms with van der Waals surface area (Å²) in [5.74, 6) is -0.157. The highest BCUT2D eigenvalue weighted by molar-refractivity contribution is 7.81. The van der Waals surface area contributed by atoms with E-state index in [0.717, 1.165) is 45.3 Å². The van der Waals surface area contributed by atoms with Gasteiger partial charge in [-0.3, -0.25) is 14.9 Å². The van der Waals surface area contributed by atoms with Crippen LogP contribution in [0.1, 0.15) is 78.6 Å². The van der Waals surface area contributed by atoms with Crippen LogP contribution in [-0.4, -0.2) is 48.5 Å². The Kier molecular flexibility index (Phi) is 13.5. The Labute approximate surface area is 182 Å². The molecular weight excluding hydrogens is 386 g/mol. The highest BCUT2D eigenvalue weighted by Crippen LogP contribution is 2.23. The molecule has 2 amide bonds. The monoisotopic (exact) mass is 428 g/mol. The topological polar surface area (TPSA) is 91.9 Å². The first-order chi connectivity index (χ1) is 13.8. The number of nitrogens with one attached hydrogen (secondary N) is 2. The third kappa shape index (κ3) is 11.7. The van der Waals surface area contributed by atoms with E-state index in [1.54, 1.807) is 5.32 Å². The average molecular weight is 429 g/mol.